The maximum Gasteiger partial charge on any atom is 0.410 e. The van der Waals surface area contributed by atoms with Gasteiger partial charge in [0, 0.05) is 13.0 Å². The highest BCUT2D eigenvalue weighted by molar-refractivity contribution is 5.87. The normalized spacial score (nSPS) is 17.8. The quantitative estimate of drug-likeness (QED) is 0.899. The van der Waals surface area contributed by atoms with Gasteiger partial charge in [-0.25, -0.2) is 4.79 Å². The fraction of sp³-hybridized carbons (Fsp3) is 0.714. The molecule has 1 aromatic rings. The van der Waals surface area contributed by atoms with Gasteiger partial charge in [-0.3, -0.25) is 9.69 Å². The third kappa shape index (κ3) is 3.96. The Morgan fingerprint density at radius 2 is 2.18 bits per heavy atom. The molecule has 1 atom stereocenters. The summed E-state index contributed by atoms with van der Waals surface area (Å²) in [4.78, 5) is 29.6. The summed E-state index contributed by atoms with van der Waals surface area (Å²) in [5, 5.41) is 6.45. The molecule has 0 bridgehead atoms. The Morgan fingerprint density at radius 1 is 1.45 bits per heavy atom. The number of nitrogens with one attached hydrogen (secondary N) is 1. The van der Waals surface area contributed by atoms with Crippen molar-refractivity contribution < 1.29 is 18.8 Å². The minimum Gasteiger partial charge on any atom is -0.444 e. The number of carbonyl (C=O) groups excluding carboxylic acids is 2. The van der Waals surface area contributed by atoms with Crippen LogP contribution in [0, 0.1) is 0 Å². The van der Waals surface area contributed by atoms with E-state index < -0.39 is 17.7 Å². The van der Waals surface area contributed by atoms with Crippen molar-refractivity contribution in [1.29, 1.82) is 0 Å². The van der Waals surface area contributed by atoms with E-state index in [1.165, 1.54) is 4.90 Å². The van der Waals surface area contributed by atoms with Crippen molar-refractivity contribution in [3.63, 3.8) is 0 Å². The zero-order chi connectivity index (χ0) is 16.3. The molecule has 0 aliphatic carbocycles. The van der Waals surface area contributed by atoms with E-state index in [0.717, 1.165) is 0 Å². The van der Waals surface area contributed by atoms with Gasteiger partial charge in [-0.15, -0.1) is 0 Å². The molecule has 1 N–H and O–H groups in total. The van der Waals surface area contributed by atoms with E-state index in [2.05, 4.69) is 15.5 Å². The second-order valence-corrected chi connectivity index (χ2v) is 6.15. The lowest BCUT2D eigenvalue weighted by Gasteiger charge is -2.40. The molecule has 1 saturated heterocycles. The Bertz CT molecular complexity index is 549. The molecule has 0 spiro atoms. The molecule has 0 saturated carbocycles. The van der Waals surface area contributed by atoms with Gasteiger partial charge in [0.1, 0.15) is 11.6 Å². The Labute approximate surface area is 129 Å². The fourth-order valence-corrected chi connectivity index (χ4v) is 1.99. The third-order valence-electron chi connectivity index (χ3n) is 3.19. The molecule has 2 amide bonds. The predicted octanol–water partition coefficient (Wildman–Crippen LogP) is 1.26. The number of aromatic nitrogens is 2. The predicted molar refractivity (Wildman–Crippen MR) is 76.9 cm³/mol. The Balaban J connectivity index is 1.83. The minimum atomic E-state index is -0.575. The van der Waals surface area contributed by atoms with Crippen molar-refractivity contribution >= 4 is 12.0 Å². The second kappa shape index (κ2) is 6.33. The van der Waals surface area contributed by atoms with E-state index in [9.17, 15) is 9.59 Å². The first-order valence-electron chi connectivity index (χ1n) is 7.39. The number of nitrogens with zero attached hydrogens (tertiary/aromatic N) is 3. The third-order valence-corrected chi connectivity index (χ3v) is 3.19. The highest BCUT2D eigenvalue weighted by Crippen LogP contribution is 2.21. The zero-order valence-electron chi connectivity index (χ0n) is 13.4. The average Bonchev–Trinajstić information content (AvgIpc) is 2.80. The number of rotatable bonds is 4. The van der Waals surface area contributed by atoms with Crippen LogP contribution in [0.25, 0.3) is 0 Å². The number of aryl methyl sites for hydroxylation is 1. The van der Waals surface area contributed by atoms with Gasteiger partial charge in [0.25, 0.3) is 0 Å². The smallest absolute Gasteiger partial charge is 0.410 e. The number of hydrogen-bond acceptors (Lipinski definition) is 6. The Morgan fingerprint density at radius 3 is 2.68 bits per heavy atom. The monoisotopic (exact) mass is 310 g/mol. The average molecular weight is 310 g/mol. The summed E-state index contributed by atoms with van der Waals surface area (Å²) in [6.07, 6.45) is 0.826. The van der Waals surface area contributed by atoms with E-state index in [-0.39, 0.29) is 12.5 Å². The van der Waals surface area contributed by atoms with Crippen molar-refractivity contribution in [3.05, 3.63) is 11.7 Å². The largest absolute Gasteiger partial charge is 0.444 e. The van der Waals surface area contributed by atoms with Crippen molar-refractivity contribution in [1.82, 2.24) is 20.4 Å². The van der Waals surface area contributed by atoms with Gasteiger partial charge in [0.15, 0.2) is 5.82 Å². The number of amides is 2. The molecule has 0 aromatic carbocycles. The molecule has 1 unspecified atom stereocenters. The topological polar surface area (TPSA) is 97.6 Å². The first-order valence-corrected chi connectivity index (χ1v) is 7.39. The zero-order valence-corrected chi connectivity index (χ0v) is 13.4. The molecule has 22 heavy (non-hydrogen) atoms. The van der Waals surface area contributed by atoms with Crippen LogP contribution in [0.4, 0.5) is 4.79 Å². The second-order valence-electron chi connectivity index (χ2n) is 6.15. The van der Waals surface area contributed by atoms with E-state index in [1.54, 1.807) is 20.8 Å². The molecular weight excluding hydrogens is 288 g/mol. The van der Waals surface area contributed by atoms with Crippen LogP contribution < -0.4 is 5.32 Å². The van der Waals surface area contributed by atoms with Crippen molar-refractivity contribution in [2.45, 2.75) is 58.7 Å². The van der Waals surface area contributed by atoms with Gasteiger partial charge >= 0.3 is 6.09 Å². The Kier molecular flexibility index (Phi) is 4.68. The number of likely N-dealkylation sites (tertiary alicyclic amines) is 1. The van der Waals surface area contributed by atoms with Crippen LogP contribution in [0.5, 0.6) is 0 Å². The van der Waals surface area contributed by atoms with Crippen LogP contribution in [0.1, 0.15) is 45.8 Å². The minimum absolute atomic E-state index is 0.157. The molecule has 1 aliphatic heterocycles. The van der Waals surface area contributed by atoms with Gasteiger partial charge in [0.2, 0.25) is 11.8 Å². The van der Waals surface area contributed by atoms with E-state index in [0.29, 0.717) is 31.1 Å². The standard InChI is InChI=1S/C14H22N4O4/c1-5-10-16-11(22-17-10)8-15-12(19)9-6-7-18(9)13(20)21-14(2,3)4/h9H,5-8H2,1-4H3,(H,15,19). The van der Waals surface area contributed by atoms with E-state index in [4.69, 9.17) is 9.26 Å². The van der Waals surface area contributed by atoms with Crippen LogP contribution in [-0.4, -0.2) is 45.2 Å². The fourth-order valence-electron chi connectivity index (χ4n) is 1.99. The van der Waals surface area contributed by atoms with Crippen molar-refractivity contribution in [3.8, 4) is 0 Å². The molecule has 0 radical (unpaired) electrons. The first kappa shape index (κ1) is 16.3. The molecule has 2 rings (SSSR count). The highest BCUT2D eigenvalue weighted by Gasteiger charge is 2.39. The van der Waals surface area contributed by atoms with Gasteiger partial charge < -0.3 is 14.6 Å². The summed E-state index contributed by atoms with van der Waals surface area (Å²) >= 11 is 0. The van der Waals surface area contributed by atoms with Gasteiger partial charge in [-0.05, 0) is 27.2 Å². The molecule has 8 heteroatoms. The highest BCUT2D eigenvalue weighted by atomic mass is 16.6. The van der Waals surface area contributed by atoms with Crippen molar-refractivity contribution in [2.75, 3.05) is 6.54 Å². The van der Waals surface area contributed by atoms with E-state index in [1.807, 2.05) is 6.92 Å². The molecular formula is C14H22N4O4. The lowest BCUT2D eigenvalue weighted by Crippen LogP contribution is -2.59. The number of carbonyl (C=O) groups is 2. The summed E-state index contributed by atoms with van der Waals surface area (Å²) in [6, 6.07) is -0.497. The SMILES string of the molecule is CCc1noc(CNC(=O)C2CCN2C(=O)OC(C)(C)C)n1. The number of ether oxygens (including phenoxy) is 1. The van der Waals surface area contributed by atoms with Crippen molar-refractivity contribution in [2.24, 2.45) is 0 Å². The summed E-state index contributed by atoms with van der Waals surface area (Å²) in [5.74, 6) is 0.713. The van der Waals surface area contributed by atoms with Crippen LogP contribution in [0.2, 0.25) is 0 Å². The first-order chi connectivity index (χ1) is 10.3. The van der Waals surface area contributed by atoms with Gasteiger partial charge in [-0.2, -0.15) is 4.98 Å². The van der Waals surface area contributed by atoms with Crippen LogP contribution in [-0.2, 0) is 22.5 Å². The summed E-state index contributed by atoms with van der Waals surface area (Å²) in [6.45, 7) is 7.97. The maximum atomic E-state index is 12.1. The van der Waals surface area contributed by atoms with E-state index >= 15 is 0 Å². The lowest BCUT2D eigenvalue weighted by molar-refractivity contribution is -0.130. The summed E-state index contributed by atoms with van der Waals surface area (Å²) < 4.78 is 10.3. The summed E-state index contributed by atoms with van der Waals surface area (Å²) in [7, 11) is 0. The van der Waals surface area contributed by atoms with Crippen LogP contribution in [0.15, 0.2) is 4.52 Å². The van der Waals surface area contributed by atoms with Gasteiger partial charge in [-0.1, -0.05) is 12.1 Å². The summed E-state index contributed by atoms with van der Waals surface area (Å²) in [5.41, 5.74) is -0.575. The number of hydrogen-bond donors (Lipinski definition) is 1. The maximum absolute atomic E-state index is 12.1. The lowest BCUT2D eigenvalue weighted by atomic mass is 10.0. The Hall–Kier alpha value is -2.12. The molecule has 1 aromatic heterocycles. The van der Waals surface area contributed by atoms with Crippen LogP contribution >= 0.6 is 0 Å². The molecule has 122 valence electrons. The molecule has 1 fully saturated rings. The molecule has 1 aliphatic rings. The molecule has 2 heterocycles. The van der Waals surface area contributed by atoms with Crippen LogP contribution in [0.3, 0.4) is 0 Å². The van der Waals surface area contributed by atoms with Gasteiger partial charge in [0.05, 0.1) is 6.54 Å². The molecule has 8 nitrogen and oxygen atoms in total.